The normalized spacial score (nSPS) is 12.0. The van der Waals surface area contributed by atoms with E-state index in [4.69, 9.17) is 0 Å². The Balaban J connectivity index is 1.71. The number of hydrogen-bond donors (Lipinski definition) is 3. The van der Waals surface area contributed by atoms with Gasteiger partial charge < -0.3 is 15.1 Å². The van der Waals surface area contributed by atoms with Crippen molar-refractivity contribution in [2.24, 2.45) is 0 Å². The number of rotatable bonds is 10. The SMILES string of the molecule is C[C@H](CO)Nc1cc(NSc2ccc(C(F)F)cc2)nc(SCc2ccccc2)n1. The Hall–Kier alpha value is -2.36. The van der Waals surface area contributed by atoms with Crippen LogP contribution in [-0.4, -0.2) is 27.7 Å². The van der Waals surface area contributed by atoms with E-state index in [1.165, 1.54) is 35.8 Å². The lowest BCUT2D eigenvalue weighted by atomic mass is 10.2. The summed E-state index contributed by atoms with van der Waals surface area (Å²) in [7, 11) is 0. The van der Waals surface area contributed by atoms with Gasteiger partial charge in [-0.1, -0.05) is 54.2 Å². The van der Waals surface area contributed by atoms with Gasteiger partial charge >= 0.3 is 0 Å². The zero-order valence-corrected chi connectivity index (χ0v) is 17.9. The molecule has 0 fully saturated rings. The van der Waals surface area contributed by atoms with E-state index in [-0.39, 0.29) is 18.2 Å². The van der Waals surface area contributed by atoms with Gasteiger partial charge in [0.25, 0.3) is 6.43 Å². The molecule has 0 aliphatic rings. The van der Waals surface area contributed by atoms with Crippen LogP contribution in [-0.2, 0) is 5.75 Å². The molecular formula is C21H22F2N4OS2. The highest BCUT2D eigenvalue weighted by atomic mass is 32.2. The fraction of sp³-hybridized carbons (Fsp3) is 0.238. The minimum Gasteiger partial charge on any atom is -0.394 e. The number of nitrogens with zero attached hydrogens (tertiary/aromatic N) is 2. The van der Waals surface area contributed by atoms with Gasteiger partial charge in [-0.05, 0) is 36.6 Å². The van der Waals surface area contributed by atoms with E-state index < -0.39 is 6.43 Å². The number of aliphatic hydroxyl groups is 1. The van der Waals surface area contributed by atoms with Gasteiger partial charge in [-0.25, -0.2) is 18.7 Å². The topological polar surface area (TPSA) is 70.1 Å². The Morgan fingerprint density at radius 3 is 2.37 bits per heavy atom. The molecule has 0 aliphatic heterocycles. The number of benzene rings is 2. The predicted octanol–water partition coefficient (Wildman–Crippen LogP) is 5.62. The maximum Gasteiger partial charge on any atom is 0.263 e. The van der Waals surface area contributed by atoms with Gasteiger partial charge in [-0.3, -0.25) is 0 Å². The van der Waals surface area contributed by atoms with Crippen LogP contribution < -0.4 is 10.0 Å². The summed E-state index contributed by atoms with van der Waals surface area (Å²) in [6, 6.07) is 17.7. The molecule has 1 heterocycles. The molecule has 0 unspecified atom stereocenters. The van der Waals surface area contributed by atoms with Gasteiger partial charge in [0.1, 0.15) is 11.6 Å². The lowest BCUT2D eigenvalue weighted by Gasteiger charge is -2.14. The van der Waals surface area contributed by atoms with E-state index >= 15 is 0 Å². The standard InChI is InChI=1S/C21H22F2N4OS2/c1-14(12-28)24-18-11-19(27-30-17-9-7-16(8-10-17)20(22)23)26-21(25-18)29-13-15-5-3-2-4-6-15/h2-11,14,20,28H,12-13H2,1H3,(H2,24,25,26,27)/t14-/m1/s1. The lowest BCUT2D eigenvalue weighted by molar-refractivity contribution is 0.151. The van der Waals surface area contributed by atoms with Crippen molar-refractivity contribution in [3.63, 3.8) is 0 Å². The van der Waals surface area contributed by atoms with Crippen LogP contribution >= 0.6 is 23.7 Å². The van der Waals surface area contributed by atoms with Gasteiger partial charge in [0, 0.05) is 28.3 Å². The van der Waals surface area contributed by atoms with Gasteiger partial charge in [0.05, 0.1) is 6.61 Å². The van der Waals surface area contributed by atoms with Crippen molar-refractivity contribution >= 4 is 35.3 Å². The Labute approximate surface area is 182 Å². The van der Waals surface area contributed by atoms with Gasteiger partial charge in [0.2, 0.25) is 0 Å². The maximum atomic E-state index is 12.7. The van der Waals surface area contributed by atoms with Crippen molar-refractivity contribution in [2.45, 2.75) is 35.2 Å². The molecule has 9 heteroatoms. The van der Waals surface area contributed by atoms with Crippen molar-refractivity contribution < 1.29 is 13.9 Å². The summed E-state index contributed by atoms with van der Waals surface area (Å²) in [5.41, 5.74) is 1.15. The van der Waals surface area contributed by atoms with Crippen molar-refractivity contribution in [1.82, 2.24) is 9.97 Å². The first-order valence-electron chi connectivity index (χ1n) is 9.27. The molecule has 3 aromatic rings. The molecular weight excluding hydrogens is 426 g/mol. The van der Waals surface area contributed by atoms with Gasteiger partial charge in [0.15, 0.2) is 5.16 Å². The highest BCUT2D eigenvalue weighted by Crippen LogP contribution is 2.27. The summed E-state index contributed by atoms with van der Waals surface area (Å²) in [4.78, 5) is 9.85. The first-order chi connectivity index (χ1) is 14.5. The zero-order chi connectivity index (χ0) is 21.3. The second-order valence-corrected chi connectivity index (χ2v) is 8.32. The number of aliphatic hydroxyl groups excluding tert-OH is 1. The molecule has 0 bridgehead atoms. The average molecular weight is 449 g/mol. The Morgan fingerprint density at radius 2 is 1.70 bits per heavy atom. The molecule has 0 saturated carbocycles. The first-order valence-corrected chi connectivity index (χ1v) is 11.1. The quantitative estimate of drug-likeness (QED) is 0.211. The summed E-state index contributed by atoms with van der Waals surface area (Å²) in [5.74, 6) is 1.90. The monoisotopic (exact) mass is 448 g/mol. The summed E-state index contributed by atoms with van der Waals surface area (Å²) in [5, 5.41) is 13.0. The van der Waals surface area contributed by atoms with Gasteiger partial charge in [-0.15, -0.1) is 0 Å². The third-order valence-electron chi connectivity index (χ3n) is 3.99. The molecule has 2 aromatic carbocycles. The second kappa shape index (κ2) is 11.1. The van der Waals surface area contributed by atoms with E-state index in [0.29, 0.717) is 16.8 Å². The van der Waals surface area contributed by atoms with Crippen molar-refractivity contribution in [2.75, 3.05) is 16.6 Å². The number of halogens is 2. The smallest absolute Gasteiger partial charge is 0.263 e. The number of nitrogens with one attached hydrogen (secondary N) is 2. The van der Waals surface area contributed by atoms with Crippen LogP contribution in [0, 0.1) is 0 Å². The molecule has 0 radical (unpaired) electrons. The minimum absolute atomic E-state index is 0.00883. The summed E-state index contributed by atoms with van der Waals surface area (Å²) < 4.78 is 28.5. The van der Waals surface area contributed by atoms with Crippen LogP contribution in [0.3, 0.4) is 0 Å². The van der Waals surface area contributed by atoms with Crippen molar-refractivity contribution in [3.8, 4) is 0 Å². The summed E-state index contributed by atoms with van der Waals surface area (Å²) in [6.45, 7) is 1.83. The third-order valence-corrected chi connectivity index (χ3v) is 5.73. The first kappa shape index (κ1) is 22.3. The van der Waals surface area contributed by atoms with Crippen LogP contribution in [0.4, 0.5) is 20.4 Å². The molecule has 0 saturated heterocycles. The van der Waals surface area contributed by atoms with Crippen LogP contribution in [0.15, 0.2) is 70.7 Å². The molecule has 158 valence electrons. The van der Waals surface area contributed by atoms with E-state index in [9.17, 15) is 13.9 Å². The van der Waals surface area contributed by atoms with Crippen molar-refractivity contribution in [3.05, 3.63) is 71.8 Å². The molecule has 0 spiro atoms. The maximum absolute atomic E-state index is 12.7. The number of anilines is 2. The Kier molecular flexibility index (Phi) is 8.30. The Bertz CT molecular complexity index is 930. The number of thioether (sulfide) groups is 1. The number of alkyl halides is 2. The Morgan fingerprint density at radius 1 is 1.00 bits per heavy atom. The molecule has 30 heavy (non-hydrogen) atoms. The molecule has 3 rings (SSSR count). The van der Waals surface area contributed by atoms with E-state index in [1.807, 2.05) is 37.3 Å². The van der Waals surface area contributed by atoms with Crippen LogP contribution in [0.2, 0.25) is 0 Å². The molecule has 0 aliphatic carbocycles. The minimum atomic E-state index is -2.48. The average Bonchev–Trinajstić information content (AvgIpc) is 2.77. The largest absolute Gasteiger partial charge is 0.394 e. The molecule has 0 amide bonds. The van der Waals surface area contributed by atoms with Crippen LogP contribution in [0.1, 0.15) is 24.5 Å². The highest BCUT2D eigenvalue weighted by molar-refractivity contribution is 8.00. The van der Waals surface area contributed by atoms with Crippen molar-refractivity contribution in [1.29, 1.82) is 0 Å². The second-order valence-electron chi connectivity index (χ2n) is 6.50. The predicted molar refractivity (Wildman–Crippen MR) is 119 cm³/mol. The molecule has 3 N–H and O–H groups in total. The molecule has 5 nitrogen and oxygen atoms in total. The van der Waals surface area contributed by atoms with E-state index in [2.05, 4.69) is 20.0 Å². The van der Waals surface area contributed by atoms with Crippen LogP contribution in [0.25, 0.3) is 0 Å². The summed E-state index contributed by atoms with van der Waals surface area (Å²) >= 11 is 2.78. The summed E-state index contributed by atoms with van der Waals surface area (Å²) in [6.07, 6.45) is -2.48. The third kappa shape index (κ3) is 6.86. The van der Waals surface area contributed by atoms with E-state index in [1.54, 1.807) is 18.2 Å². The van der Waals surface area contributed by atoms with E-state index in [0.717, 1.165) is 16.2 Å². The fourth-order valence-corrected chi connectivity index (χ4v) is 3.84. The fourth-order valence-electron chi connectivity index (χ4n) is 2.43. The molecule has 1 atom stereocenters. The van der Waals surface area contributed by atoms with Crippen LogP contribution in [0.5, 0.6) is 0 Å². The lowest BCUT2D eigenvalue weighted by Crippen LogP contribution is -2.20. The highest BCUT2D eigenvalue weighted by Gasteiger charge is 2.10. The van der Waals surface area contributed by atoms with Gasteiger partial charge in [-0.2, -0.15) is 0 Å². The molecule has 1 aromatic heterocycles. The zero-order valence-electron chi connectivity index (χ0n) is 16.3. The number of aromatic nitrogens is 2. The number of hydrogen-bond acceptors (Lipinski definition) is 7.